The zero-order chi connectivity index (χ0) is 31.9. The van der Waals surface area contributed by atoms with E-state index in [9.17, 15) is 24.5 Å². The first-order chi connectivity index (χ1) is 21.2. The molecule has 11 heteroatoms. The Bertz CT molecular complexity index is 1300. The van der Waals surface area contributed by atoms with Crippen LogP contribution in [-0.2, 0) is 16.1 Å². The van der Waals surface area contributed by atoms with Crippen LogP contribution in [0, 0.1) is 15.5 Å². The Kier molecular flexibility index (Phi) is 11.1. The first-order valence-electron chi connectivity index (χ1n) is 15.7. The van der Waals surface area contributed by atoms with E-state index in [-0.39, 0.29) is 22.9 Å². The summed E-state index contributed by atoms with van der Waals surface area (Å²) in [7, 11) is 3.43. The van der Waals surface area contributed by atoms with Crippen LogP contribution in [0.4, 0.5) is 17.1 Å². The Labute approximate surface area is 260 Å². The van der Waals surface area contributed by atoms with Crippen molar-refractivity contribution in [2.24, 2.45) is 5.41 Å². The lowest BCUT2D eigenvalue weighted by Gasteiger charge is -2.62. The first-order valence-corrected chi connectivity index (χ1v) is 15.7. The Morgan fingerprint density at radius 1 is 1.05 bits per heavy atom. The number of hydrogen-bond donors (Lipinski definition) is 1. The molecule has 2 aliphatic heterocycles. The smallest absolute Gasteiger partial charge is 0.269 e. The van der Waals surface area contributed by atoms with E-state index in [2.05, 4.69) is 26.1 Å². The van der Waals surface area contributed by atoms with E-state index in [1.807, 2.05) is 50.1 Å². The highest BCUT2D eigenvalue weighted by molar-refractivity contribution is 5.79. The number of benzene rings is 2. The van der Waals surface area contributed by atoms with E-state index in [1.54, 1.807) is 19.2 Å². The molecule has 3 fully saturated rings. The van der Waals surface area contributed by atoms with Gasteiger partial charge in [-0.2, -0.15) is 0 Å². The molecule has 5 rings (SSSR count). The second kappa shape index (κ2) is 14.8. The van der Waals surface area contributed by atoms with Crippen LogP contribution < -0.4 is 15.1 Å². The normalized spacial score (nSPS) is 18.5. The van der Waals surface area contributed by atoms with Gasteiger partial charge in [-0.15, -0.1) is 0 Å². The van der Waals surface area contributed by atoms with E-state index in [4.69, 9.17) is 0 Å². The number of non-ortho nitro benzene ring substituents is 1. The highest BCUT2D eigenvalue weighted by atomic mass is 16.6. The van der Waals surface area contributed by atoms with Gasteiger partial charge in [0.2, 0.25) is 5.91 Å². The van der Waals surface area contributed by atoms with E-state index in [0.717, 1.165) is 68.8 Å². The third kappa shape index (κ3) is 7.44. The van der Waals surface area contributed by atoms with Gasteiger partial charge < -0.3 is 19.9 Å². The fourth-order valence-electron chi connectivity index (χ4n) is 6.76. The van der Waals surface area contributed by atoms with Gasteiger partial charge in [-0.25, -0.2) is 0 Å². The molecular weight excluding hydrogens is 560 g/mol. The minimum Gasteiger partial charge on any atom is -0.370 e. The van der Waals surface area contributed by atoms with Crippen LogP contribution in [0.3, 0.4) is 0 Å². The maximum atomic E-state index is 11.8. The summed E-state index contributed by atoms with van der Waals surface area (Å²) in [5, 5.41) is 13.5. The Morgan fingerprint density at radius 3 is 2.25 bits per heavy atom. The highest BCUT2D eigenvalue weighted by Crippen LogP contribution is 2.51. The summed E-state index contributed by atoms with van der Waals surface area (Å²) < 4.78 is 0. The van der Waals surface area contributed by atoms with Crippen LogP contribution in [0.25, 0.3) is 0 Å². The molecule has 0 aromatic heterocycles. The number of amides is 1. The molecule has 1 spiro atoms. The number of aldehydes is 2. The molecule has 11 nitrogen and oxygen atoms in total. The Hall–Kier alpha value is -3.83. The molecule has 1 N–H and O–H groups in total. The predicted molar refractivity (Wildman–Crippen MR) is 172 cm³/mol. The lowest BCUT2D eigenvalue weighted by atomic mass is 9.60. The number of piperazine rings is 1. The molecule has 1 unspecified atom stereocenters. The lowest BCUT2D eigenvalue weighted by Crippen LogP contribution is -2.68. The Balaban J connectivity index is 0.00000216. The predicted octanol–water partition coefficient (Wildman–Crippen LogP) is 3.75. The van der Waals surface area contributed by atoms with Crippen LogP contribution in [-0.4, -0.2) is 98.7 Å². The summed E-state index contributed by atoms with van der Waals surface area (Å²) in [6.45, 7) is 10.3. The van der Waals surface area contributed by atoms with Gasteiger partial charge in [-0.05, 0) is 62.2 Å². The van der Waals surface area contributed by atoms with Crippen molar-refractivity contribution in [2.75, 3.05) is 63.2 Å². The molecule has 1 amide bonds. The number of carbonyl (C=O) groups is 3. The average molecular weight is 607 g/mol. The number of rotatable bonds is 12. The van der Waals surface area contributed by atoms with Crippen molar-refractivity contribution < 1.29 is 19.3 Å². The van der Waals surface area contributed by atoms with Crippen LogP contribution in [0.5, 0.6) is 0 Å². The molecule has 2 aromatic carbocycles. The van der Waals surface area contributed by atoms with Gasteiger partial charge in [-0.3, -0.25) is 29.5 Å². The monoisotopic (exact) mass is 606 g/mol. The van der Waals surface area contributed by atoms with Crippen LogP contribution >= 0.6 is 0 Å². The maximum absolute atomic E-state index is 11.8. The largest absolute Gasteiger partial charge is 0.370 e. The molecule has 1 saturated carbocycles. The number of nitrogens with one attached hydrogen (secondary N) is 1. The van der Waals surface area contributed by atoms with Gasteiger partial charge in [0.1, 0.15) is 12.6 Å². The Morgan fingerprint density at radius 2 is 1.68 bits per heavy atom. The van der Waals surface area contributed by atoms with Gasteiger partial charge >= 0.3 is 0 Å². The van der Waals surface area contributed by atoms with E-state index in [0.29, 0.717) is 30.0 Å². The zero-order valence-electron chi connectivity index (χ0n) is 26.4. The van der Waals surface area contributed by atoms with Gasteiger partial charge in [-0.1, -0.05) is 13.8 Å². The van der Waals surface area contributed by atoms with Gasteiger partial charge in [0.25, 0.3) is 5.69 Å². The van der Waals surface area contributed by atoms with Crippen molar-refractivity contribution >= 4 is 35.5 Å². The lowest BCUT2D eigenvalue weighted by molar-refractivity contribution is -0.384. The van der Waals surface area contributed by atoms with Gasteiger partial charge in [0, 0.05) is 99.8 Å². The van der Waals surface area contributed by atoms with Crippen LogP contribution in [0.15, 0.2) is 42.5 Å². The van der Waals surface area contributed by atoms with Crippen molar-refractivity contribution in [1.82, 2.24) is 15.1 Å². The zero-order valence-corrected chi connectivity index (χ0v) is 26.4. The van der Waals surface area contributed by atoms with Gasteiger partial charge in [0.05, 0.1) is 11.0 Å². The fourth-order valence-corrected chi connectivity index (χ4v) is 6.76. The second-order valence-corrected chi connectivity index (χ2v) is 12.0. The summed E-state index contributed by atoms with van der Waals surface area (Å²) in [6, 6.07) is 13.0. The van der Waals surface area contributed by atoms with Crippen molar-refractivity contribution in [3.63, 3.8) is 0 Å². The second-order valence-electron chi connectivity index (χ2n) is 12.0. The number of anilines is 2. The van der Waals surface area contributed by atoms with Crippen LogP contribution in [0.2, 0.25) is 0 Å². The number of likely N-dealkylation sites (N-methyl/N-ethyl adjacent to an activating group) is 1. The quantitative estimate of drug-likeness (QED) is 0.219. The molecular formula is C33H46N6O5. The third-order valence-electron chi connectivity index (χ3n) is 9.35. The average Bonchev–Trinajstić information content (AvgIpc) is 3.01. The molecule has 44 heavy (non-hydrogen) atoms. The van der Waals surface area contributed by atoms with E-state index in [1.165, 1.54) is 12.8 Å². The van der Waals surface area contributed by atoms with E-state index >= 15 is 0 Å². The van der Waals surface area contributed by atoms with Crippen molar-refractivity contribution in [1.29, 1.82) is 0 Å². The summed E-state index contributed by atoms with van der Waals surface area (Å²) in [5.74, 6) is -0.0970. The summed E-state index contributed by atoms with van der Waals surface area (Å²) in [4.78, 5) is 54.9. The molecule has 1 atom stereocenters. The SMILES string of the molecule is CC.CNC(=O)CCC(C=O)N(C)Cc1cc(N2CC3(CC(N4CCN(c5ccc([N+](=O)[O-])cc5)CC4)C3)C2)ccc1C=O. The molecule has 2 aromatic rings. The summed E-state index contributed by atoms with van der Waals surface area (Å²) >= 11 is 0. The van der Waals surface area contributed by atoms with Crippen molar-refractivity contribution in [2.45, 2.75) is 58.2 Å². The van der Waals surface area contributed by atoms with Crippen molar-refractivity contribution in [3.05, 3.63) is 63.7 Å². The topological polar surface area (TPSA) is 119 Å². The number of nitrogens with zero attached hydrogens (tertiary/aromatic N) is 5. The molecule has 238 valence electrons. The minimum absolute atomic E-state index is 0.0970. The fraction of sp³-hybridized carbons (Fsp3) is 0.545. The highest BCUT2D eigenvalue weighted by Gasteiger charge is 2.54. The summed E-state index contributed by atoms with van der Waals surface area (Å²) in [5.41, 5.74) is 4.11. The summed E-state index contributed by atoms with van der Waals surface area (Å²) in [6.07, 6.45) is 4.82. The number of nitro benzene ring substituents is 1. The number of carbonyl (C=O) groups excluding carboxylic acids is 3. The molecule has 0 bridgehead atoms. The number of hydrogen-bond acceptors (Lipinski definition) is 9. The van der Waals surface area contributed by atoms with Crippen LogP contribution in [0.1, 0.15) is 55.5 Å². The molecule has 3 aliphatic rings. The maximum Gasteiger partial charge on any atom is 0.269 e. The molecule has 1 aliphatic carbocycles. The first kappa shape index (κ1) is 33.1. The minimum atomic E-state index is -0.402. The van der Waals surface area contributed by atoms with Gasteiger partial charge in [0.15, 0.2) is 0 Å². The third-order valence-corrected chi connectivity index (χ3v) is 9.35. The van der Waals surface area contributed by atoms with Crippen molar-refractivity contribution in [3.8, 4) is 0 Å². The number of nitro groups is 1. The molecule has 2 heterocycles. The molecule has 0 radical (unpaired) electrons. The van der Waals surface area contributed by atoms with E-state index < -0.39 is 6.04 Å². The molecule has 2 saturated heterocycles. The standard InChI is InChI=1S/C31H40N6O5.C2H6/c1-32-30(40)10-9-28(20-39)33(2)18-24-15-27(4-3-23(24)19-38)36-21-31(22-36)16-29(17-31)35-13-11-34(12-14-35)25-5-7-26(8-6-25)37(41)42;1-2/h3-8,15,19-20,28-29H,9-14,16-18,21-22H2,1-2H3,(H,32,40);1-2H3.